The first-order valence-corrected chi connectivity index (χ1v) is 9.87. The van der Waals surface area contributed by atoms with Crippen molar-refractivity contribution in [1.29, 1.82) is 0 Å². The van der Waals surface area contributed by atoms with Gasteiger partial charge in [0, 0.05) is 17.4 Å². The maximum Gasteiger partial charge on any atom is 0.190 e. The zero-order valence-electron chi connectivity index (χ0n) is 16.2. The summed E-state index contributed by atoms with van der Waals surface area (Å²) in [4.78, 5) is 24.3. The molecule has 7 atom stereocenters. The van der Waals surface area contributed by atoms with Gasteiger partial charge >= 0.3 is 0 Å². The third-order valence-corrected chi connectivity index (χ3v) is 8.35. The minimum absolute atomic E-state index is 0.123. The first-order valence-electron chi connectivity index (χ1n) is 9.87. The molecule has 5 nitrogen and oxygen atoms in total. The molecular weight excluding hydrogens is 363 g/mol. The molecule has 3 N–H and O–H groups in total. The quantitative estimate of drug-likeness (QED) is 0.671. The Balaban J connectivity index is 1.82. The summed E-state index contributed by atoms with van der Waals surface area (Å²) in [7, 11) is 0. The zero-order chi connectivity index (χ0) is 20.6. The van der Waals surface area contributed by atoms with E-state index < -0.39 is 52.5 Å². The monoisotopic (exact) mass is 390 g/mol. The van der Waals surface area contributed by atoms with Crippen molar-refractivity contribution in [3.63, 3.8) is 0 Å². The Morgan fingerprint density at radius 3 is 2.68 bits per heavy atom. The van der Waals surface area contributed by atoms with Gasteiger partial charge in [-0.3, -0.25) is 9.59 Å². The number of rotatable bonds is 2. The lowest BCUT2D eigenvalue weighted by molar-refractivity contribution is -0.178. The number of Topliss-reactive ketones (excluding diaryl/α,β-unsaturated/α-hetero) is 1. The first kappa shape index (κ1) is 19.7. The van der Waals surface area contributed by atoms with Gasteiger partial charge in [0.2, 0.25) is 0 Å². The average Bonchev–Trinajstić information content (AvgIpc) is 2.88. The van der Waals surface area contributed by atoms with E-state index in [4.69, 9.17) is 0 Å². The SMILES string of the molecule is C=C1C[C@@H]2[C@H]([C@@H](O)C[C@@]3(C)[C@H]2CC[C@]3(O)C(=O)CO)[C@@]2(C)C(F)=CC(=O)C=C12. The molecule has 152 valence electrons. The van der Waals surface area contributed by atoms with Gasteiger partial charge in [-0.25, -0.2) is 4.39 Å². The Morgan fingerprint density at radius 1 is 1.36 bits per heavy atom. The highest BCUT2D eigenvalue weighted by Crippen LogP contribution is 2.68. The number of hydrogen-bond acceptors (Lipinski definition) is 5. The number of hydrogen-bond donors (Lipinski definition) is 3. The molecule has 0 heterocycles. The van der Waals surface area contributed by atoms with Crippen LogP contribution in [-0.2, 0) is 9.59 Å². The van der Waals surface area contributed by atoms with Crippen LogP contribution in [0.25, 0.3) is 0 Å². The Kier molecular flexibility index (Phi) is 4.17. The maximum absolute atomic E-state index is 15.2. The van der Waals surface area contributed by atoms with Gasteiger partial charge in [-0.2, -0.15) is 0 Å². The Hall–Kier alpha value is -1.63. The van der Waals surface area contributed by atoms with Crippen molar-refractivity contribution >= 4 is 11.6 Å². The van der Waals surface area contributed by atoms with E-state index >= 15 is 4.39 Å². The minimum atomic E-state index is -1.70. The highest BCUT2D eigenvalue weighted by Gasteiger charge is 2.69. The fourth-order valence-corrected chi connectivity index (χ4v) is 6.99. The fourth-order valence-electron chi connectivity index (χ4n) is 6.99. The van der Waals surface area contributed by atoms with Gasteiger partial charge in [0.25, 0.3) is 0 Å². The van der Waals surface area contributed by atoms with Crippen LogP contribution in [-0.4, -0.2) is 45.2 Å². The highest BCUT2D eigenvalue weighted by molar-refractivity contribution is 6.02. The number of ketones is 2. The molecule has 0 aromatic heterocycles. The van der Waals surface area contributed by atoms with E-state index in [1.54, 1.807) is 13.8 Å². The van der Waals surface area contributed by atoms with Crippen molar-refractivity contribution in [2.24, 2.45) is 28.6 Å². The summed E-state index contributed by atoms with van der Waals surface area (Å²) < 4.78 is 15.2. The molecule has 4 aliphatic carbocycles. The fraction of sp³-hybridized carbons (Fsp3) is 0.636. The molecule has 0 aromatic carbocycles. The highest BCUT2D eigenvalue weighted by atomic mass is 19.1. The third-order valence-electron chi connectivity index (χ3n) is 8.35. The summed E-state index contributed by atoms with van der Waals surface area (Å²) in [6, 6.07) is 0. The molecule has 4 rings (SSSR count). The van der Waals surface area contributed by atoms with Gasteiger partial charge in [-0.1, -0.05) is 19.1 Å². The van der Waals surface area contributed by atoms with Gasteiger partial charge in [0.15, 0.2) is 11.6 Å². The number of aliphatic hydroxyl groups excluding tert-OH is 2. The summed E-state index contributed by atoms with van der Waals surface area (Å²) in [5.74, 6) is -2.38. The summed E-state index contributed by atoms with van der Waals surface area (Å²) in [6.45, 7) is 6.85. The summed E-state index contributed by atoms with van der Waals surface area (Å²) in [6.07, 6.45) is 2.83. The summed E-state index contributed by atoms with van der Waals surface area (Å²) in [5, 5.41) is 31.7. The van der Waals surface area contributed by atoms with Gasteiger partial charge in [-0.15, -0.1) is 0 Å². The van der Waals surface area contributed by atoms with E-state index in [1.165, 1.54) is 6.08 Å². The molecule has 3 saturated carbocycles. The second kappa shape index (κ2) is 5.94. The number of aliphatic hydroxyl groups is 3. The minimum Gasteiger partial charge on any atom is -0.393 e. The predicted molar refractivity (Wildman–Crippen MR) is 99.6 cm³/mol. The van der Waals surface area contributed by atoms with Crippen molar-refractivity contribution < 1.29 is 29.3 Å². The zero-order valence-corrected chi connectivity index (χ0v) is 16.2. The standard InChI is InChI=1S/C22H27FO5/c1-11-6-13-14-4-5-22(28,18(27)10-24)20(14,2)9-16(26)19(13)21(3)15(11)7-12(25)8-17(21)23/h7-8,13-14,16,19,24,26,28H,1,4-6,9-10H2,2-3H3/t13-,14-,16-,19+,20-,21+,22-/m0/s1. The molecule has 6 heteroatoms. The number of allylic oxidation sites excluding steroid dienone is 5. The molecule has 0 aliphatic heterocycles. The van der Waals surface area contributed by atoms with Crippen LogP contribution in [0.15, 0.2) is 35.7 Å². The average molecular weight is 390 g/mol. The van der Waals surface area contributed by atoms with E-state index in [2.05, 4.69) is 6.58 Å². The normalized spacial score (nSPS) is 47.6. The smallest absolute Gasteiger partial charge is 0.190 e. The topological polar surface area (TPSA) is 94.8 Å². The maximum atomic E-state index is 15.2. The molecule has 0 unspecified atom stereocenters. The lowest BCUT2D eigenvalue weighted by Gasteiger charge is -2.60. The van der Waals surface area contributed by atoms with Crippen LogP contribution < -0.4 is 0 Å². The summed E-state index contributed by atoms with van der Waals surface area (Å²) >= 11 is 0. The number of carbonyl (C=O) groups is 2. The van der Waals surface area contributed by atoms with Crippen LogP contribution in [0.1, 0.15) is 39.5 Å². The first-order chi connectivity index (χ1) is 13.0. The largest absolute Gasteiger partial charge is 0.393 e. The number of halogens is 1. The van der Waals surface area contributed by atoms with Crippen LogP contribution in [0.5, 0.6) is 0 Å². The van der Waals surface area contributed by atoms with Crippen molar-refractivity contribution in [3.8, 4) is 0 Å². The second-order valence-electron chi connectivity index (χ2n) is 9.43. The molecule has 0 radical (unpaired) electrons. The Bertz CT molecular complexity index is 844. The lowest BCUT2D eigenvalue weighted by atomic mass is 9.45. The lowest BCUT2D eigenvalue weighted by Crippen LogP contribution is -2.62. The van der Waals surface area contributed by atoms with E-state index in [0.29, 0.717) is 24.0 Å². The van der Waals surface area contributed by atoms with E-state index in [-0.39, 0.29) is 24.7 Å². The number of fused-ring (bicyclic) bond motifs is 5. The van der Waals surface area contributed by atoms with E-state index in [9.17, 15) is 24.9 Å². The molecule has 0 spiro atoms. The van der Waals surface area contributed by atoms with E-state index in [0.717, 1.165) is 6.08 Å². The molecule has 3 fully saturated rings. The Labute approximate surface area is 163 Å². The van der Waals surface area contributed by atoms with Gasteiger partial charge in [0.05, 0.1) is 11.5 Å². The molecular formula is C22H27FO5. The van der Waals surface area contributed by atoms with Gasteiger partial charge in [-0.05, 0) is 56.1 Å². The van der Waals surface area contributed by atoms with E-state index in [1.807, 2.05) is 0 Å². The molecule has 0 aromatic rings. The van der Waals surface area contributed by atoms with Crippen molar-refractivity contribution in [1.82, 2.24) is 0 Å². The predicted octanol–water partition coefficient (Wildman–Crippen LogP) is 2.02. The van der Waals surface area contributed by atoms with Crippen LogP contribution in [0.2, 0.25) is 0 Å². The molecule has 0 bridgehead atoms. The van der Waals surface area contributed by atoms with Crippen molar-refractivity contribution in [2.45, 2.75) is 51.2 Å². The van der Waals surface area contributed by atoms with Crippen molar-refractivity contribution in [2.75, 3.05) is 6.61 Å². The Morgan fingerprint density at radius 2 is 2.04 bits per heavy atom. The van der Waals surface area contributed by atoms with Gasteiger partial charge in [0.1, 0.15) is 18.0 Å². The van der Waals surface area contributed by atoms with Crippen molar-refractivity contribution in [3.05, 3.63) is 35.7 Å². The third kappa shape index (κ3) is 2.17. The van der Waals surface area contributed by atoms with Crippen LogP contribution >= 0.6 is 0 Å². The molecule has 0 saturated heterocycles. The van der Waals surface area contributed by atoms with Crippen LogP contribution in [0.3, 0.4) is 0 Å². The summed E-state index contributed by atoms with van der Waals surface area (Å²) in [5.41, 5.74) is -2.54. The number of carbonyl (C=O) groups excluding carboxylic acids is 2. The second-order valence-corrected chi connectivity index (χ2v) is 9.43. The van der Waals surface area contributed by atoms with Crippen LogP contribution in [0.4, 0.5) is 4.39 Å². The molecule has 0 amide bonds. The van der Waals surface area contributed by atoms with Gasteiger partial charge < -0.3 is 15.3 Å². The van der Waals surface area contributed by atoms with Crippen LogP contribution in [0, 0.1) is 28.6 Å². The molecule has 28 heavy (non-hydrogen) atoms. The molecule has 4 aliphatic rings.